The van der Waals surface area contributed by atoms with Gasteiger partial charge in [-0.1, -0.05) is 47.0 Å². The van der Waals surface area contributed by atoms with Crippen LogP contribution in [-0.2, 0) is 11.3 Å². The van der Waals surface area contributed by atoms with Crippen LogP contribution in [0.25, 0.3) is 0 Å². The predicted octanol–water partition coefficient (Wildman–Crippen LogP) is 4.60. The van der Waals surface area contributed by atoms with E-state index in [9.17, 15) is 14.4 Å². The summed E-state index contributed by atoms with van der Waals surface area (Å²) in [5.74, 6) is 0.140. The molecule has 37 heavy (non-hydrogen) atoms. The molecule has 0 saturated heterocycles. The van der Waals surface area contributed by atoms with Crippen molar-refractivity contribution in [3.05, 3.63) is 34.7 Å². The first kappa shape index (κ1) is 28.7. The van der Waals surface area contributed by atoms with E-state index >= 15 is 0 Å². The topological polar surface area (TPSA) is 131 Å². The third-order valence-electron chi connectivity index (χ3n) is 6.64. The summed E-state index contributed by atoms with van der Waals surface area (Å²) in [5.41, 5.74) is 6.45. The van der Waals surface area contributed by atoms with Gasteiger partial charge in [0.05, 0.1) is 18.5 Å². The average Bonchev–Trinajstić information content (AvgIpc) is 3.50. The summed E-state index contributed by atoms with van der Waals surface area (Å²) in [5, 5.41) is 6.01. The molecule has 0 unspecified atom stereocenters. The van der Waals surface area contributed by atoms with Crippen LogP contribution in [0.4, 0.5) is 5.69 Å². The minimum absolute atomic E-state index is 0.0521. The highest BCUT2D eigenvalue weighted by atomic mass is 32.1. The number of amides is 3. The van der Waals surface area contributed by atoms with Gasteiger partial charge < -0.3 is 25.7 Å². The first-order valence-corrected chi connectivity index (χ1v) is 14.1. The summed E-state index contributed by atoms with van der Waals surface area (Å²) in [6.07, 6.45) is 8.05. The van der Waals surface area contributed by atoms with Crippen LogP contribution < -0.4 is 16.4 Å². The van der Waals surface area contributed by atoms with Gasteiger partial charge >= 0.3 is 0 Å². The van der Waals surface area contributed by atoms with Gasteiger partial charge in [-0.2, -0.15) is 4.37 Å². The lowest BCUT2D eigenvalue weighted by Crippen LogP contribution is -2.50. The number of hydrogen-bond donors (Lipinski definition) is 3. The maximum absolute atomic E-state index is 13.9. The molecule has 9 nitrogen and oxygen atoms in total. The summed E-state index contributed by atoms with van der Waals surface area (Å²) < 4.78 is 9.77. The van der Waals surface area contributed by atoms with Crippen molar-refractivity contribution in [2.45, 2.75) is 91.3 Å². The van der Waals surface area contributed by atoms with Crippen molar-refractivity contribution in [2.75, 3.05) is 12.3 Å². The van der Waals surface area contributed by atoms with Gasteiger partial charge in [0.2, 0.25) is 5.91 Å². The van der Waals surface area contributed by atoms with Crippen LogP contribution in [-0.4, -0.2) is 45.6 Å². The van der Waals surface area contributed by atoms with E-state index in [1.807, 2.05) is 13.8 Å². The van der Waals surface area contributed by atoms with Crippen molar-refractivity contribution in [3.8, 4) is 0 Å². The Morgan fingerprint density at radius 2 is 1.89 bits per heavy atom. The molecule has 3 rings (SSSR count). The predicted molar refractivity (Wildman–Crippen MR) is 145 cm³/mol. The van der Waals surface area contributed by atoms with Gasteiger partial charge in [-0.25, -0.2) is 0 Å². The summed E-state index contributed by atoms with van der Waals surface area (Å²) >= 11 is 0.896. The Morgan fingerprint density at radius 1 is 1.16 bits per heavy atom. The molecule has 1 aliphatic carbocycles. The number of nitrogen functional groups attached to an aromatic ring is 1. The Kier molecular flexibility index (Phi) is 10.5. The maximum atomic E-state index is 13.9. The number of nitrogens with zero attached hydrogens (tertiary/aromatic N) is 2. The van der Waals surface area contributed by atoms with Crippen molar-refractivity contribution in [1.82, 2.24) is 19.9 Å². The van der Waals surface area contributed by atoms with Crippen LogP contribution in [0.1, 0.15) is 98.6 Å². The third kappa shape index (κ3) is 8.05. The van der Waals surface area contributed by atoms with E-state index in [2.05, 4.69) is 28.9 Å². The van der Waals surface area contributed by atoms with Crippen molar-refractivity contribution in [2.24, 2.45) is 11.8 Å². The molecule has 1 atom stereocenters. The van der Waals surface area contributed by atoms with Crippen LogP contribution in [0.2, 0.25) is 0 Å². The zero-order chi connectivity index (χ0) is 26.9. The van der Waals surface area contributed by atoms with Gasteiger partial charge in [0, 0.05) is 12.6 Å². The molecule has 1 fully saturated rings. The molecule has 0 bridgehead atoms. The molecule has 2 heterocycles. The van der Waals surface area contributed by atoms with Crippen LogP contribution in [0.3, 0.4) is 0 Å². The molecule has 4 N–H and O–H groups in total. The normalized spacial score (nSPS) is 15.1. The fourth-order valence-electron chi connectivity index (χ4n) is 4.56. The Balaban J connectivity index is 1.86. The lowest BCUT2D eigenvalue weighted by molar-refractivity contribution is -0.126. The smallest absolute Gasteiger partial charge is 0.273 e. The van der Waals surface area contributed by atoms with E-state index in [0.29, 0.717) is 24.6 Å². The second-order valence-electron chi connectivity index (χ2n) is 10.7. The van der Waals surface area contributed by atoms with Crippen molar-refractivity contribution < 1.29 is 18.8 Å². The quantitative estimate of drug-likeness (QED) is 0.367. The first-order valence-electron chi connectivity index (χ1n) is 13.3. The maximum Gasteiger partial charge on any atom is 0.273 e. The molecule has 10 heteroatoms. The van der Waals surface area contributed by atoms with Crippen molar-refractivity contribution in [1.29, 1.82) is 0 Å². The summed E-state index contributed by atoms with van der Waals surface area (Å²) in [4.78, 5) is 41.8. The Bertz CT molecular complexity index is 1030. The fourth-order valence-corrected chi connectivity index (χ4v) is 5.32. The lowest BCUT2D eigenvalue weighted by atomic mass is 9.95. The van der Waals surface area contributed by atoms with E-state index in [0.717, 1.165) is 43.6 Å². The average molecular weight is 532 g/mol. The SMILES string of the molecule is CC(C)CCNC(=O)[C@H](CC(C)C)N(Cc1ccco1)C(=O)c1snc(C(=O)NC2CCCCC2)c1N. The Labute approximate surface area is 223 Å². The van der Waals surface area contributed by atoms with E-state index in [1.54, 1.807) is 12.1 Å². The molecule has 0 radical (unpaired) electrons. The zero-order valence-corrected chi connectivity index (χ0v) is 23.2. The summed E-state index contributed by atoms with van der Waals surface area (Å²) in [7, 11) is 0. The van der Waals surface area contributed by atoms with Gasteiger partial charge in [-0.3, -0.25) is 14.4 Å². The Hall–Kier alpha value is -2.88. The van der Waals surface area contributed by atoms with E-state index in [4.69, 9.17) is 10.2 Å². The molecular weight excluding hydrogens is 490 g/mol. The van der Waals surface area contributed by atoms with Gasteiger partial charge in [0.15, 0.2) is 5.69 Å². The number of carbonyl (C=O) groups excluding carboxylic acids is 3. The molecule has 0 aromatic carbocycles. The van der Waals surface area contributed by atoms with E-state index in [1.165, 1.54) is 17.6 Å². The van der Waals surface area contributed by atoms with Crippen molar-refractivity contribution in [3.63, 3.8) is 0 Å². The van der Waals surface area contributed by atoms with Gasteiger partial charge in [-0.15, -0.1) is 0 Å². The molecule has 0 spiro atoms. The molecule has 0 aliphatic heterocycles. The second kappa shape index (κ2) is 13.6. The first-order chi connectivity index (χ1) is 17.7. The minimum Gasteiger partial charge on any atom is -0.467 e. The monoisotopic (exact) mass is 531 g/mol. The standard InChI is InChI=1S/C27H41N5O4S/c1-17(2)12-13-29-25(33)21(15-18(3)4)32(16-20-11-8-14-36-20)27(35)24-22(28)23(31-37-24)26(34)30-19-9-6-5-7-10-19/h8,11,14,17-19,21H,5-7,9-10,12-13,15-16,28H2,1-4H3,(H,29,33)(H,30,34)/t21-/m0/s1. The molecule has 1 saturated carbocycles. The number of anilines is 1. The molecule has 204 valence electrons. The fraction of sp³-hybridized carbons (Fsp3) is 0.630. The van der Waals surface area contributed by atoms with Crippen LogP contribution >= 0.6 is 11.5 Å². The number of nitrogens with one attached hydrogen (secondary N) is 2. The summed E-state index contributed by atoms with van der Waals surface area (Å²) in [6.45, 7) is 8.85. The zero-order valence-electron chi connectivity index (χ0n) is 22.4. The highest BCUT2D eigenvalue weighted by Gasteiger charge is 2.35. The number of nitrogens with two attached hydrogens (primary N) is 1. The van der Waals surface area contributed by atoms with E-state index in [-0.39, 0.29) is 46.6 Å². The molecule has 2 aromatic rings. The molecule has 2 aromatic heterocycles. The number of carbonyl (C=O) groups is 3. The third-order valence-corrected chi connectivity index (χ3v) is 7.49. The van der Waals surface area contributed by atoms with Crippen LogP contribution in [0, 0.1) is 11.8 Å². The Morgan fingerprint density at radius 3 is 2.51 bits per heavy atom. The summed E-state index contributed by atoms with van der Waals surface area (Å²) in [6, 6.07) is 2.88. The highest BCUT2D eigenvalue weighted by molar-refractivity contribution is 7.09. The number of rotatable bonds is 12. The van der Waals surface area contributed by atoms with Crippen LogP contribution in [0.5, 0.6) is 0 Å². The molecule has 3 amide bonds. The lowest BCUT2D eigenvalue weighted by Gasteiger charge is -2.31. The molecular formula is C27H41N5O4S. The highest BCUT2D eigenvalue weighted by Crippen LogP contribution is 2.28. The number of hydrogen-bond acceptors (Lipinski definition) is 7. The van der Waals surface area contributed by atoms with E-state index < -0.39 is 11.9 Å². The van der Waals surface area contributed by atoms with Gasteiger partial charge in [-0.05, 0) is 61.2 Å². The van der Waals surface area contributed by atoms with Gasteiger partial charge in [0.1, 0.15) is 16.7 Å². The van der Waals surface area contributed by atoms with Crippen LogP contribution in [0.15, 0.2) is 22.8 Å². The second-order valence-corrected chi connectivity index (χ2v) is 11.5. The van der Waals surface area contributed by atoms with Crippen molar-refractivity contribution >= 4 is 34.9 Å². The largest absolute Gasteiger partial charge is 0.467 e. The number of aromatic nitrogens is 1. The number of furan rings is 1. The minimum atomic E-state index is -0.731. The van der Waals surface area contributed by atoms with Gasteiger partial charge in [0.25, 0.3) is 11.8 Å². The molecule has 1 aliphatic rings.